The van der Waals surface area contributed by atoms with Crippen LogP contribution in [0, 0.1) is 0 Å². The van der Waals surface area contributed by atoms with Gasteiger partial charge >= 0.3 is 0 Å². The lowest BCUT2D eigenvalue weighted by atomic mass is 10.2. The third-order valence-corrected chi connectivity index (χ3v) is 3.71. The zero-order valence-electron chi connectivity index (χ0n) is 11.1. The normalized spacial score (nSPS) is 10.7. The van der Waals surface area contributed by atoms with Crippen LogP contribution in [0.4, 0.5) is 5.69 Å². The van der Waals surface area contributed by atoms with E-state index < -0.39 is 0 Å². The first-order valence-corrected chi connectivity index (χ1v) is 6.79. The first kappa shape index (κ1) is 12.9. The first-order valence-electron chi connectivity index (χ1n) is 6.41. The van der Waals surface area contributed by atoms with Crippen LogP contribution in [0.15, 0.2) is 48.5 Å². The topological polar surface area (TPSA) is 37.0 Å². The van der Waals surface area contributed by atoms with Crippen LogP contribution in [0.1, 0.15) is 5.69 Å². The number of halogens is 1. The summed E-state index contributed by atoms with van der Waals surface area (Å²) in [5.74, 6) is 0.846. The molecule has 0 saturated heterocycles. The Labute approximate surface area is 122 Å². The highest BCUT2D eigenvalue weighted by Gasteiger charge is 2.08. The smallest absolute Gasteiger partial charge is 0.119 e. The molecule has 20 heavy (non-hydrogen) atoms. The largest absolute Gasteiger partial charge is 0.497 e. The van der Waals surface area contributed by atoms with Gasteiger partial charge in [-0.05, 0) is 30.3 Å². The molecule has 0 spiro atoms. The van der Waals surface area contributed by atoms with Gasteiger partial charge in [0.2, 0.25) is 0 Å². The van der Waals surface area contributed by atoms with E-state index in [4.69, 9.17) is 16.3 Å². The number of hydrogen-bond donors (Lipinski definition) is 2. The zero-order valence-corrected chi connectivity index (χ0v) is 11.9. The summed E-state index contributed by atoms with van der Waals surface area (Å²) < 4.78 is 5.14. The summed E-state index contributed by atoms with van der Waals surface area (Å²) in [5, 5.41) is 5.18. The van der Waals surface area contributed by atoms with Crippen LogP contribution in [0.25, 0.3) is 10.9 Å². The van der Waals surface area contributed by atoms with Crippen molar-refractivity contribution in [2.45, 2.75) is 6.54 Å². The highest BCUT2D eigenvalue weighted by atomic mass is 35.5. The predicted molar refractivity (Wildman–Crippen MR) is 83.6 cm³/mol. The van der Waals surface area contributed by atoms with Crippen molar-refractivity contribution in [2.75, 3.05) is 12.4 Å². The van der Waals surface area contributed by atoms with Crippen LogP contribution in [-0.2, 0) is 6.54 Å². The Morgan fingerprint density at radius 3 is 2.55 bits per heavy atom. The fourth-order valence-electron chi connectivity index (χ4n) is 2.18. The van der Waals surface area contributed by atoms with E-state index in [1.54, 1.807) is 7.11 Å². The summed E-state index contributed by atoms with van der Waals surface area (Å²) in [6, 6.07) is 15.8. The lowest BCUT2D eigenvalue weighted by Crippen LogP contribution is -2.00. The van der Waals surface area contributed by atoms with E-state index in [1.165, 1.54) is 0 Å². The zero-order chi connectivity index (χ0) is 13.9. The molecule has 0 fully saturated rings. The Morgan fingerprint density at radius 2 is 1.85 bits per heavy atom. The van der Waals surface area contributed by atoms with Gasteiger partial charge in [0, 0.05) is 16.6 Å². The quantitative estimate of drug-likeness (QED) is 0.744. The fourth-order valence-corrected chi connectivity index (χ4v) is 2.46. The molecule has 102 valence electrons. The molecule has 0 aliphatic carbocycles. The molecule has 2 N–H and O–H groups in total. The average molecular weight is 287 g/mol. The highest BCUT2D eigenvalue weighted by molar-refractivity contribution is 6.36. The van der Waals surface area contributed by atoms with Crippen molar-refractivity contribution in [3.8, 4) is 5.75 Å². The predicted octanol–water partition coefficient (Wildman–Crippen LogP) is 4.44. The molecule has 3 aromatic rings. The van der Waals surface area contributed by atoms with Gasteiger partial charge in [-0.1, -0.05) is 29.8 Å². The molecule has 0 atom stereocenters. The van der Waals surface area contributed by atoms with E-state index in [9.17, 15) is 0 Å². The lowest BCUT2D eigenvalue weighted by molar-refractivity contribution is 0.415. The maximum atomic E-state index is 6.38. The number of aromatic amines is 1. The standard InChI is InChI=1S/C16H15ClN2O/c1-20-12-8-6-11(7-9-12)18-10-15-16(17)13-4-2-3-5-14(13)19-15/h2-9,18-19H,10H2,1H3. The molecular formula is C16H15ClN2O. The molecule has 1 heterocycles. The van der Waals surface area contributed by atoms with Gasteiger partial charge in [0.05, 0.1) is 24.4 Å². The number of anilines is 1. The van der Waals surface area contributed by atoms with Crippen LogP contribution in [0.2, 0.25) is 5.02 Å². The number of H-pyrrole nitrogens is 1. The SMILES string of the molecule is COc1ccc(NCc2[nH]c3ccccc3c2Cl)cc1. The second-order valence-corrected chi connectivity index (χ2v) is 4.92. The van der Waals surface area contributed by atoms with Crippen molar-refractivity contribution in [3.63, 3.8) is 0 Å². The second-order valence-electron chi connectivity index (χ2n) is 4.55. The average Bonchev–Trinajstić information content (AvgIpc) is 2.83. The lowest BCUT2D eigenvalue weighted by Gasteiger charge is -2.06. The first-order chi connectivity index (χ1) is 9.78. The van der Waals surface area contributed by atoms with Gasteiger partial charge in [-0.3, -0.25) is 0 Å². The van der Waals surface area contributed by atoms with Crippen molar-refractivity contribution in [1.29, 1.82) is 0 Å². The molecule has 2 aromatic carbocycles. The third-order valence-electron chi connectivity index (χ3n) is 3.27. The Morgan fingerprint density at radius 1 is 1.10 bits per heavy atom. The van der Waals surface area contributed by atoms with Crippen molar-refractivity contribution in [3.05, 3.63) is 59.2 Å². The van der Waals surface area contributed by atoms with Crippen LogP contribution in [-0.4, -0.2) is 12.1 Å². The molecule has 0 amide bonds. The van der Waals surface area contributed by atoms with Gasteiger partial charge in [-0.25, -0.2) is 0 Å². The van der Waals surface area contributed by atoms with Gasteiger partial charge in [-0.2, -0.15) is 0 Å². The van der Waals surface area contributed by atoms with Gasteiger partial charge in [0.15, 0.2) is 0 Å². The van der Waals surface area contributed by atoms with Gasteiger partial charge in [0.25, 0.3) is 0 Å². The Hall–Kier alpha value is -2.13. The number of aromatic nitrogens is 1. The number of nitrogens with one attached hydrogen (secondary N) is 2. The van der Waals surface area contributed by atoms with Crippen molar-refractivity contribution in [2.24, 2.45) is 0 Å². The number of hydrogen-bond acceptors (Lipinski definition) is 2. The monoisotopic (exact) mass is 286 g/mol. The Kier molecular flexibility index (Phi) is 3.52. The molecule has 0 aliphatic heterocycles. The maximum absolute atomic E-state index is 6.38. The van der Waals surface area contributed by atoms with E-state index in [2.05, 4.69) is 10.3 Å². The summed E-state index contributed by atoms with van der Waals surface area (Å²) in [7, 11) is 1.66. The minimum atomic E-state index is 0.653. The molecular weight excluding hydrogens is 272 g/mol. The summed E-state index contributed by atoms with van der Waals surface area (Å²) in [5.41, 5.74) is 3.08. The molecule has 1 aromatic heterocycles. The van der Waals surface area contributed by atoms with Gasteiger partial charge in [0.1, 0.15) is 5.75 Å². The van der Waals surface area contributed by atoms with Crippen molar-refractivity contribution >= 4 is 28.2 Å². The molecule has 3 nitrogen and oxygen atoms in total. The van der Waals surface area contributed by atoms with Gasteiger partial charge in [-0.15, -0.1) is 0 Å². The molecule has 0 radical (unpaired) electrons. The molecule has 3 rings (SSSR count). The van der Waals surface area contributed by atoms with Crippen LogP contribution in [0.3, 0.4) is 0 Å². The van der Waals surface area contributed by atoms with E-state index >= 15 is 0 Å². The number of benzene rings is 2. The van der Waals surface area contributed by atoms with E-state index in [-0.39, 0.29) is 0 Å². The fraction of sp³-hybridized carbons (Fsp3) is 0.125. The van der Waals surface area contributed by atoms with Crippen molar-refractivity contribution in [1.82, 2.24) is 4.98 Å². The molecule has 0 aliphatic rings. The van der Waals surface area contributed by atoms with Gasteiger partial charge < -0.3 is 15.0 Å². The molecule has 0 bridgehead atoms. The third kappa shape index (κ3) is 2.45. The van der Waals surface area contributed by atoms with Crippen molar-refractivity contribution < 1.29 is 4.74 Å². The van der Waals surface area contributed by atoms with E-state index in [1.807, 2.05) is 48.5 Å². The van der Waals surface area contributed by atoms with E-state index in [0.29, 0.717) is 6.54 Å². The highest BCUT2D eigenvalue weighted by Crippen LogP contribution is 2.27. The molecule has 4 heteroatoms. The number of ether oxygens (including phenoxy) is 1. The summed E-state index contributed by atoms with van der Waals surface area (Å²) in [6.45, 7) is 0.653. The summed E-state index contributed by atoms with van der Waals surface area (Å²) >= 11 is 6.38. The number of fused-ring (bicyclic) bond motifs is 1. The molecule has 0 unspecified atom stereocenters. The minimum Gasteiger partial charge on any atom is -0.497 e. The van der Waals surface area contributed by atoms with Crippen LogP contribution in [0.5, 0.6) is 5.75 Å². The molecule has 0 saturated carbocycles. The van der Waals surface area contributed by atoms with Crippen LogP contribution >= 0.6 is 11.6 Å². The number of para-hydroxylation sites is 1. The summed E-state index contributed by atoms with van der Waals surface area (Å²) in [6.07, 6.45) is 0. The van der Waals surface area contributed by atoms with Crippen LogP contribution < -0.4 is 10.1 Å². The van der Waals surface area contributed by atoms with E-state index in [0.717, 1.165) is 33.1 Å². The maximum Gasteiger partial charge on any atom is 0.119 e. The Bertz CT molecular complexity index is 719. The minimum absolute atomic E-state index is 0.653. The summed E-state index contributed by atoms with van der Waals surface area (Å²) in [4.78, 5) is 3.34. The number of methoxy groups -OCH3 is 1. The Balaban J connectivity index is 1.77. The second kappa shape index (κ2) is 5.47. The number of rotatable bonds is 4.